The highest BCUT2D eigenvalue weighted by Crippen LogP contribution is 2.21. The number of hydrogen-bond acceptors (Lipinski definition) is 4. The Kier molecular flexibility index (Phi) is 4.94. The van der Waals surface area contributed by atoms with E-state index in [1.54, 1.807) is 30.6 Å². The third-order valence-corrected chi connectivity index (χ3v) is 3.11. The molecule has 0 unspecified atom stereocenters. The minimum absolute atomic E-state index is 0.316. The zero-order valence-corrected chi connectivity index (χ0v) is 12.8. The lowest BCUT2D eigenvalue weighted by atomic mass is 10.2. The van der Waals surface area contributed by atoms with Crippen LogP contribution in [0.2, 0.25) is 0 Å². The molecule has 5 heteroatoms. The van der Waals surface area contributed by atoms with E-state index in [1.807, 2.05) is 54.6 Å². The SMILES string of the molecule is O=C(N/N=C\c1cccc(Oc2ccccc2)c1)c1ccccn1. The number of carbonyl (C=O) groups is 1. The molecule has 1 N–H and O–H groups in total. The molecular formula is C19H15N3O2. The number of rotatable bonds is 5. The van der Waals surface area contributed by atoms with Crippen LogP contribution in [0.5, 0.6) is 11.5 Å². The van der Waals surface area contributed by atoms with Gasteiger partial charge in [0.15, 0.2) is 0 Å². The number of pyridine rings is 1. The van der Waals surface area contributed by atoms with Crippen molar-refractivity contribution in [1.82, 2.24) is 10.4 Å². The summed E-state index contributed by atoms with van der Waals surface area (Å²) < 4.78 is 5.76. The predicted molar refractivity (Wildman–Crippen MR) is 92.3 cm³/mol. The number of ether oxygens (including phenoxy) is 1. The third kappa shape index (κ3) is 4.27. The lowest BCUT2D eigenvalue weighted by Crippen LogP contribution is -2.18. The highest BCUT2D eigenvalue weighted by Gasteiger charge is 2.03. The van der Waals surface area contributed by atoms with Gasteiger partial charge in [0, 0.05) is 6.20 Å². The maximum atomic E-state index is 11.8. The summed E-state index contributed by atoms with van der Waals surface area (Å²) in [5.74, 6) is 1.10. The summed E-state index contributed by atoms with van der Waals surface area (Å²) in [6, 6.07) is 22.1. The fourth-order valence-corrected chi connectivity index (χ4v) is 2.00. The second-order valence-corrected chi connectivity index (χ2v) is 4.90. The molecule has 3 rings (SSSR count). The van der Waals surface area contributed by atoms with Gasteiger partial charge in [0.2, 0.25) is 0 Å². The first-order chi connectivity index (χ1) is 11.8. The Labute approximate surface area is 139 Å². The van der Waals surface area contributed by atoms with Gasteiger partial charge in [-0.3, -0.25) is 9.78 Å². The normalized spacial score (nSPS) is 10.5. The monoisotopic (exact) mass is 317 g/mol. The molecule has 24 heavy (non-hydrogen) atoms. The quantitative estimate of drug-likeness (QED) is 0.577. The molecule has 0 aliphatic carbocycles. The summed E-state index contributed by atoms with van der Waals surface area (Å²) in [6.45, 7) is 0. The van der Waals surface area contributed by atoms with E-state index < -0.39 is 0 Å². The standard InChI is InChI=1S/C19H15N3O2/c23-19(18-11-4-5-12-20-18)22-21-14-15-7-6-10-17(13-15)24-16-8-2-1-3-9-16/h1-14H,(H,22,23)/b21-14-. The van der Waals surface area contributed by atoms with E-state index >= 15 is 0 Å². The molecule has 118 valence electrons. The van der Waals surface area contributed by atoms with E-state index in [-0.39, 0.29) is 5.91 Å². The van der Waals surface area contributed by atoms with E-state index in [0.29, 0.717) is 11.4 Å². The average molecular weight is 317 g/mol. The molecule has 0 aliphatic rings. The van der Waals surface area contributed by atoms with E-state index in [9.17, 15) is 4.79 Å². The molecule has 1 heterocycles. The fourth-order valence-electron chi connectivity index (χ4n) is 2.00. The first-order valence-electron chi connectivity index (χ1n) is 7.39. The largest absolute Gasteiger partial charge is 0.457 e. The van der Waals surface area contributed by atoms with Gasteiger partial charge in [-0.2, -0.15) is 5.10 Å². The lowest BCUT2D eigenvalue weighted by Gasteiger charge is -2.05. The number of nitrogens with zero attached hydrogens (tertiary/aromatic N) is 2. The van der Waals surface area contributed by atoms with Crippen LogP contribution >= 0.6 is 0 Å². The maximum Gasteiger partial charge on any atom is 0.289 e. The van der Waals surface area contributed by atoms with Gasteiger partial charge in [0.25, 0.3) is 5.91 Å². The summed E-state index contributed by atoms with van der Waals surface area (Å²) in [7, 11) is 0. The number of nitrogens with one attached hydrogen (secondary N) is 1. The van der Waals surface area contributed by atoms with Crippen LogP contribution in [0, 0.1) is 0 Å². The molecule has 0 atom stereocenters. The van der Waals surface area contributed by atoms with Crippen molar-refractivity contribution in [2.75, 3.05) is 0 Å². The van der Waals surface area contributed by atoms with E-state index in [2.05, 4.69) is 15.5 Å². The number of hydrazone groups is 1. The average Bonchev–Trinajstić information content (AvgIpc) is 2.63. The Morgan fingerprint density at radius 1 is 0.958 bits per heavy atom. The molecule has 0 aliphatic heterocycles. The Hall–Kier alpha value is -3.47. The van der Waals surface area contributed by atoms with Crippen molar-refractivity contribution in [3.8, 4) is 11.5 Å². The maximum absolute atomic E-state index is 11.8. The first-order valence-corrected chi connectivity index (χ1v) is 7.39. The van der Waals surface area contributed by atoms with Crippen molar-refractivity contribution in [1.29, 1.82) is 0 Å². The minimum Gasteiger partial charge on any atom is -0.457 e. The minimum atomic E-state index is -0.358. The zero-order valence-electron chi connectivity index (χ0n) is 12.8. The zero-order chi connectivity index (χ0) is 16.6. The van der Waals surface area contributed by atoms with Gasteiger partial charge in [0.1, 0.15) is 17.2 Å². The molecule has 3 aromatic rings. The second kappa shape index (κ2) is 7.69. The summed E-state index contributed by atoms with van der Waals surface area (Å²) in [6.07, 6.45) is 3.11. The van der Waals surface area contributed by atoms with Gasteiger partial charge in [0.05, 0.1) is 6.21 Å². The van der Waals surface area contributed by atoms with Crippen LogP contribution in [-0.4, -0.2) is 17.1 Å². The van der Waals surface area contributed by atoms with Crippen molar-refractivity contribution in [2.45, 2.75) is 0 Å². The van der Waals surface area contributed by atoms with Gasteiger partial charge in [-0.25, -0.2) is 5.43 Å². The van der Waals surface area contributed by atoms with Crippen LogP contribution < -0.4 is 10.2 Å². The smallest absolute Gasteiger partial charge is 0.289 e. The Morgan fingerprint density at radius 2 is 1.75 bits per heavy atom. The topological polar surface area (TPSA) is 63.6 Å². The second-order valence-electron chi connectivity index (χ2n) is 4.90. The van der Waals surface area contributed by atoms with Crippen molar-refractivity contribution >= 4 is 12.1 Å². The number of benzene rings is 2. The number of carbonyl (C=O) groups excluding carboxylic acids is 1. The van der Waals surface area contributed by atoms with Gasteiger partial charge in [-0.05, 0) is 42.0 Å². The van der Waals surface area contributed by atoms with Crippen molar-refractivity contribution in [3.63, 3.8) is 0 Å². The highest BCUT2D eigenvalue weighted by molar-refractivity contribution is 5.93. The number of para-hydroxylation sites is 1. The highest BCUT2D eigenvalue weighted by atomic mass is 16.5. The van der Waals surface area contributed by atoms with E-state index in [0.717, 1.165) is 11.3 Å². The molecule has 0 saturated carbocycles. The summed E-state index contributed by atoms with van der Waals surface area (Å²) in [5.41, 5.74) is 3.57. The molecule has 0 saturated heterocycles. The Balaban J connectivity index is 1.63. The molecule has 1 aromatic heterocycles. The van der Waals surface area contributed by atoms with Crippen molar-refractivity contribution in [2.24, 2.45) is 5.10 Å². The third-order valence-electron chi connectivity index (χ3n) is 3.11. The lowest BCUT2D eigenvalue weighted by molar-refractivity contribution is 0.0950. The van der Waals surface area contributed by atoms with Crippen molar-refractivity contribution in [3.05, 3.63) is 90.3 Å². The predicted octanol–water partition coefficient (Wildman–Crippen LogP) is 3.64. The van der Waals surface area contributed by atoms with Crippen LogP contribution in [0.25, 0.3) is 0 Å². The van der Waals surface area contributed by atoms with Crippen LogP contribution in [0.1, 0.15) is 16.1 Å². The Morgan fingerprint density at radius 3 is 2.54 bits per heavy atom. The van der Waals surface area contributed by atoms with E-state index in [4.69, 9.17) is 4.74 Å². The van der Waals surface area contributed by atoms with Gasteiger partial charge < -0.3 is 4.74 Å². The van der Waals surface area contributed by atoms with E-state index in [1.165, 1.54) is 0 Å². The summed E-state index contributed by atoms with van der Waals surface area (Å²) in [5, 5.41) is 3.95. The fraction of sp³-hybridized carbons (Fsp3) is 0. The molecule has 0 spiro atoms. The van der Waals surface area contributed by atoms with Crippen LogP contribution in [0.3, 0.4) is 0 Å². The van der Waals surface area contributed by atoms with Gasteiger partial charge >= 0.3 is 0 Å². The van der Waals surface area contributed by atoms with Crippen LogP contribution in [-0.2, 0) is 0 Å². The molecule has 0 radical (unpaired) electrons. The first kappa shape index (κ1) is 15.4. The van der Waals surface area contributed by atoms with Crippen LogP contribution in [0.4, 0.5) is 0 Å². The number of hydrogen-bond donors (Lipinski definition) is 1. The van der Waals surface area contributed by atoms with Crippen LogP contribution in [0.15, 0.2) is 84.1 Å². The number of aromatic nitrogens is 1. The molecule has 0 fully saturated rings. The summed E-state index contributed by atoms with van der Waals surface area (Å²) in [4.78, 5) is 15.8. The molecule has 1 amide bonds. The molecule has 5 nitrogen and oxygen atoms in total. The summed E-state index contributed by atoms with van der Waals surface area (Å²) >= 11 is 0. The van der Waals surface area contributed by atoms with Gasteiger partial charge in [-0.15, -0.1) is 0 Å². The van der Waals surface area contributed by atoms with Crippen molar-refractivity contribution < 1.29 is 9.53 Å². The molecule has 0 bridgehead atoms. The molecule has 2 aromatic carbocycles. The Bertz CT molecular complexity index is 834. The van der Waals surface area contributed by atoms with Gasteiger partial charge in [-0.1, -0.05) is 36.4 Å². The number of amides is 1. The molecular weight excluding hydrogens is 302 g/mol.